The molecular weight excluding hydrogens is 272 g/mol. The van der Waals surface area contributed by atoms with Crippen molar-refractivity contribution in [1.29, 1.82) is 0 Å². The number of aromatic nitrogens is 3. The fraction of sp³-hybridized carbons (Fsp3) is 0.200. The van der Waals surface area contributed by atoms with Crippen molar-refractivity contribution < 1.29 is 0 Å². The molecule has 0 unspecified atom stereocenters. The Labute approximate surface area is 122 Å². The van der Waals surface area contributed by atoms with Crippen LogP contribution in [-0.4, -0.2) is 14.5 Å². The van der Waals surface area contributed by atoms with Crippen LogP contribution in [0, 0.1) is 0 Å². The van der Waals surface area contributed by atoms with Gasteiger partial charge >= 0.3 is 0 Å². The van der Waals surface area contributed by atoms with E-state index in [1.165, 1.54) is 0 Å². The van der Waals surface area contributed by atoms with Gasteiger partial charge in [-0.1, -0.05) is 18.5 Å². The first-order valence-corrected chi connectivity index (χ1v) is 6.94. The molecule has 0 aliphatic rings. The van der Waals surface area contributed by atoms with E-state index in [-0.39, 0.29) is 0 Å². The van der Waals surface area contributed by atoms with Gasteiger partial charge in [-0.15, -0.1) is 0 Å². The molecule has 2 N–H and O–H groups in total. The molecule has 1 aromatic carbocycles. The number of anilines is 1. The third-order valence-corrected chi connectivity index (χ3v) is 3.43. The van der Waals surface area contributed by atoms with E-state index >= 15 is 0 Å². The number of nitrogen functional groups attached to an aromatic ring is 1. The van der Waals surface area contributed by atoms with Crippen LogP contribution in [0.4, 0.5) is 5.82 Å². The molecule has 0 amide bonds. The second-order valence-corrected chi connectivity index (χ2v) is 5.13. The lowest BCUT2D eigenvalue weighted by molar-refractivity contribution is 0.704. The lowest BCUT2D eigenvalue weighted by Gasteiger charge is -2.08. The number of aryl methyl sites for hydroxylation is 1. The Hall–Kier alpha value is -2.07. The molecule has 0 aliphatic carbocycles. The summed E-state index contributed by atoms with van der Waals surface area (Å²) in [5, 5.41) is 0.694. The van der Waals surface area contributed by atoms with Crippen molar-refractivity contribution in [2.75, 3.05) is 5.73 Å². The highest BCUT2D eigenvalue weighted by Crippen LogP contribution is 2.27. The van der Waals surface area contributed by atoms with E-state index in [0.717, 1.165) is 35.4 Å². The lowest BCUT2D eigenvalue weighted by atomic mass is 10.2. The third kappa shape index (κ3) is 2.23. The molecule has 5 heteroatoms. The molecule has 2 heterocycles. The van der Waals surface area contributed by atoms with Gasteiger partial charge in [0.1, 0.15) is 11.6 Å². The maximum atomic E-state index is 6.05. The SMILES string of the molecule is CCCn1c(-c2ccnc(N)c2)nc2cc(Cl)ccc21. The zero-order valence-electron chi connectivity index (χ0n) is 11.2. The summed E-state index contributed by atoms with van der Waals surface area (Å²) in [6.07, 6.45) is 2.73. The van der Waals surface area contributed by atoms with Gasteiger partial charge in [0.05, 0.1) is 11.0 Å². The van der Waals surface area contributed by atoms with Gasteiger partial charge in [-0.05, 0) is 36.8 Å². The van der Waals surface area contributed by atoms with Gasteiger partial charge in [-0.3, -0.25) is 0 Å². The minimum atomic E-state index is 0.496. The zero-order chi connectivity index (χ0) is 14.1. The molecule has 102 valence electrons. The number of benzene rings is 1. The number of nitrogens with zero attached hydrogens (tertiary/aromatic N) is 3. The topological polar surface area (TPSA) is 56.7 Å². The molecule has 2 aromatic heterocycles. The summed E-state index contributed by atoms with van der Waals surface area (Å²) in [5.41, 5.74) is 8.72. The van der Waals surface area contributed by atoms with Crippen LogP contribution in [0.1, 0.15) is 13.3 Å². The minimum Gasteiger partial charge on any atom is -0.384 e. The first-order valence-electron chi connectivity index (χ1n) is 6.56. The summed E-state index contributed by atoms with van der Waals surface area (Å²) in [7, 11) is 0. The monoisotopic (exact) mass is 286 g/mol. The van der Waals surface area contributed by atoms with Crippen LogP contribution >= 0.6 is 11.6 Å². The van der Waals surface area contributed by atoms with E-state index in [0.29, 0.717) is 10.8 Å². The third-order valence-electron chi connectivity index (χ3n) is 3.20. The molecule has 3 aromatic rings. The number of halogens is 1. The molecular formula is C15H15ClN4. The molecule has 0 spiro atoms. The van der Waals surface area contributed by atoms with Crippen molar-refractivity contribution in [2.24, 2.45) is 0 Å². The van der Waals surface area contributed by atoms with Crippen LogP contribution in [0.25, 0.3) is 22.4 Å². The summed E-state index contributed by atoms with van der Waals surface area (Å²) in [6.45, 7) is 3.04. The highest BCUT2D eigenvalue weighted by atomic mass is 35.5. The Balaban J connectivity index is 2.25. The normalized spacial score (nSPS) is 11.1. The van der Waals surface area contributed by atoms with Gasteiger partial charge in [0, 0.05) is 23.3 Å². The van der Waals surface area contributed by atoms with Crippen LogP contribution < -0.4 is 5.73 Å². The Morgan fingerprint density at radius 3 is 2.85 bits per heavy atom. The summed E-state index contributed by atoms with van der Waals surface area (Å²) >= 11 is 6.05. The van der Waals surface area contributed by atoms with Crippen molar-refractivity contribution in [3.8, 4) is 11.4 Å². The van der Waals surface area contributed by atoms with E-state index in [1.807, 2.05) is 30.3 Å². The van der Waals surface area contributed by atoms with Crippen molar-refractivity contribution >= 4 is 28.5 Å². The summed E-state index contributed by atoms with van der Waals surface area (Å²) < 4.78 is 2.19. The van der Waals surface area contributed by atoms with Crippen LogP contribution in [0.5, 0.6) is 0 Å². The molecule has 20 heavy (non-hydrogen) atoms. The molecule has 0 aliphatic heterocycles. The predicted octanol–water partition coefficient (Wildman–Crippen LogP) is 3.74. The molecule has 0 atom stereocenters. The standard InChI is InChI=1S/C15H15ClN4/c1-2-7-20-13-4-3-11(16)9-12(13)19-15(20)10-5-6-18-14(17)8-10/h3-6,8-9H,2,7H2,1H3,(H2,17,18). The van der Waals surface area contributed by atoms with Gasteiger partial charge in [0.2, 0.25) is 0 Å². The number of rotatable bonds is 3. The average Bonchev–Trinajstić information content (AvgIpc) is 2.77. The number of pyridine rings is 1. The molecule has 0 bridgehead atoms. The van der Waals surface area contributed by atoms with Crippen molar-refractivity contribution in [3.05, 3.63) is 41.6 Å². The quantitative estimate of drug-likeness (QED) is 0.798. The maximum Gasteiger partial charge on any atom is 0.141 e. The van der Waals surface area contributed by atoms with Crippen molar-refractivity contribution in [3.63, 3.8) is 0 Å². The molecule has 0 saturated carbocycles. The summed E-state index contributed by atoms with van der Waals surface area (Å²) in [4.78, 5) is 8.73. The summed E-state index contributed by atoms with van der Waals surface area (Å²) in [5.74, 6) is 1.40. The van der Waals surface area contributed by atoms with Gasteiger partial charge in [-0.2, -0.15) is 0 Å². The van der Waals surface area contributed by atoms with Gasteiger partial charge in [-0.25, -0.2) is 9.97 Å². The highest BCUT2D eigenvalue weighted by molar-refractivity contribution is 6.31. The van der Waals surface area contributed by atoms with Gasteiger partial charge in [0.25, 0.3) is 0 Å². The zero-order valence-corrected chi connectivity index (χ0v) is 11.9. The molecule has 0 fully saturated rings. The first kappa shape index (κ1) is 12.9. The Morgan fingerprint density at radius 2 is 2.10 bits per heavy atom. The van der Waals surface area contributed by atoms with Gasteiger partial charge < -0.3 is 10.3 Å². The molecule has 3 rings (SSSR count). The maximum absolute atomic E-state index is 6.05. The largest absolute Gasteiger partial charge is 0.384 e. The van der Waals surface area contributed by atoms with E-state index in [4.69, 9.17) is 22.3 Å². The van der Waals surface area contributed by atoms with E-state index in [2.05, 4.69) is 16.5 Å². The molecule has 0 saturated heterocycles. The van der Waals surface area contributed by atoms with Crippen LogP contribution in [-0.2, 0) is 6.54 Å². The van der Waals surface area contributed by atoms with E-state index in [1.54, 1.807) is 6.20 Å². The first-order chi connectivity index (χ1) is 9.69. The molecule has 0 radical (unpaired) electrons. The fourth-order valence-corrected chi connectivity index (χ4v) is 2.53. The Kier molecular flexibility index (Phi) is 3.32. The van der Waals surface area contributed by atoms with Crippen LogP contribution in [0.2, 0.25) is 5.02 Å². The van der Waals surface area contributed by atoms with E-state index in [9.17, 15) is 0 Å². The Morgan fingerprint density at radius 1 is 1.25 bits per heavy atom. The van der Waals surface area contributed by atoms with E-state index < -0.39 is 0 Å². The van der Waals surface area contributed by atoms with Crippen LogP contribution in [0.15, 0.2) is 36.5 Å². The number of fused-ring (bicyclic) bond motifs is 1. The molecule has 4 nitrogen and oxygen atoms in total. The summed E-state index contributed by atoms with van der Waals surface area (Å²) in [6, 6.07) is 9.55. The second-order valence-electron chi connectivity index (χ2n) is 4.69. The smallest absolute Gasteiger partial charge is 0.141 e. The minimum absolute atomic E-state index is 0.496. The Bertz CT molecular complexity index is 764. The lowest BCUT2D eigenvalue weighted by Crippen LogP contribution is -2.00. The second kappa shape index (κ2) is 5.13. The number of hydrogen-bond donors (Lipinski definition) is 1. The highest BCUT2D eigenvalue weighted by Gasteiger charge is 2.12. The number of imidazole rings is 1. The fourth-order valence-electron chi connectivity index (χ4n) is 2.36. The van der Waals surface area contributed by atoms with Crippen LogP contribution in [0.3, 0.4) is 0 Å². The predicted molar refractivity (Wildman–Crippen MR) is 82.7 cm³/mol. The van der Waals surface area contributed by atoms with Crippen molar-refractivity contribution in [2.45, 2.75) is 19.9 Å². The number of nitrogens with two attached hydrogens (primary N) is 1. The van der Waals surface area contributed by atoms with Gasteiger partial charge in [0.15, 0.2) is 0 Å². The number of hydrogen-bond acceptors (Lipinski definition) is 3. The average molecular weight is 287 g/mol. The van der Waals surface area contributed by atoms with Crippen molar-refractivity contribution in [1.82, 2.24) is 14.5 Å².